The Kier molecular flexibility index (Phi) is 5.68. The molecule has 2 rings (SSSR count). The number of aryl methyl sites for hydroxylation is 1. The Morgan fingerprint density at radius 1 is 1.32 bits per heavy atom. The van der Waals surface area contributed by atoms with Gasteiger partial charge in [0.1, 0.15) is 11.8 Å². The Bertz CT molecular complexity index is 730. The minimum absolute atomic E-state index is 0.315. The molecule has 0 aliphatic heterocycles. The molecule has 0 saturated heterocycles. The van der Waals surface area contributed by atoms with Crippen LogP contribution in [0.4, 0.5) is 13.2 Å². The lowest BCUT2D eigenvalue weighted by molar-refractivity contribution is -0.274. The van der Waals surface area contributed by atoms with E-state index in [0.29, 0.717) is 11.1 Å². The summed E-state index contributed by atoms with van der Waals surface area (Å²) in [5.41, 5.74) is 1.18. The predicted molar refractivity (Wildman–Crippen MR) is 84.7 cm³/mol. The molecule has 0 saturated carbocycles. The van der Waals surface area contributed by atoms with E-state index in [2.05, 4.69) is 20.5 Å². The average Bonchev–Trinajstić information content (AvgIpc) is 2.92. The fourth-order valence-corrected chi connectivity index (χ4v) is 2.40. The van der Waals surface area contributed by atoms with Crippen molar-refractivity contribution in [3.05, 3.63) is 47.8 Å². The number of carbonyl (C=O) groups excluding carboxylic acids is 1. The Hall–Kier alpha value is -2.55. The first kappa shape index (κ1) is 18.8. The highest BCUT2D eigenvalue weighted by Crippen LogP contribution is 2.25. The summed E-state index contributed by atoms with van der Waals surface area (Å²) in [5, 5.41) is 9.69. The normalized spacial score (nSPS) is 14.0. The molecule has 0 radical (unpaired) electrons. The predicted octanol–water partition coefficient (Wildman–Crippen LogP) is 2.46. The highest BCUT2D eigenvalue weighted by molar-refractivity contribution is 5.83. The number of hydrogen-bond acceptors (Lipinski definition) is 4. The molecule has 25 heavy (non-hydrogen) atoms. The summed E-state index contributed by atoms with van der Waals surface area (Å²) in [7, 11) is 3.38. The van der Waals surface area contributed by atoms with E-state index in [1.807, 2.05) is 0 Å². The lowest BCUT2D eigenvalue weighted by Gasteiger charge is -2.20. The van der Waals surface area contributed by atoms with E-state index in [1.165, 1.54) is 18.2 Å². The Morgan fingerprint density at radius 2 is 2.04 bits per heavy atom. The summed E-state index contributed by atoms with van der Waals surface area (Å²) in [6.07, 6.45) is -1.48. The summed E-state index contributed by atoms with van der Waals surface area (Å²) in [6, 6.07) is 4.39. The number of aromatic nitrogens is 2. The second-order valence-electron chi connectivity index (χ2n) is 5.52. The summed E-state index contributed by atoms with van der Waals surface area (Å²) in [4.78, 5) is 12.5. The molecule has 1 aromatic heterocycles. The van der Waals surface area contributed by atoms with E-state index in [1.54, 1.807) is 44.2 Å². The fraction of sp³-hybridized carbons (Fsp3) is 0.375. The number of carbonyl (C=O) groups is 1. The number of ether oxygens (including phenoxy) is 1. The lowest BCUT2D eigenvalue weighted by Crippen LogP contribution is -2.37. The zero-order valence-corrected chi connectivity index (χ0v) is 14.0. The van der Waals surface area contributed by atoms with Crippen molar-refractivity contribution >= 4 is 5.91 Å². The van der Waals surface area contributed by atoms with Crippen molar-refractivity contribution in [2.24, 2.45) is 7.05 Å². The van der Waals surface area contributed by atoms with E-state index < -0.39 is 18.4 Å². The van der Waals surface area contributed by atoms with E-state index in [0.717, 1.165) is 0 Å². The second-order valence-corrected chi connectivity index (χ2v) is 5.52. The van der Waals surface area contributed by atoms with Gasteiger partial charge >= 0.3 is 6.36 Å². The summed E-state index contributed by atoms with van der Waals surface area (Å²) >= 11 is 0. The van der Waals surface area contributed by atoms with Gasteiger partial charge in [-0.05, 0) is 31.7 Å². The van der Waals surface area contributed by atoms with Gasteiger partial charge in [0.05, 0.1) is 12.2 Å². The first-order chi connectivity index (χ1) is 11.7. The van der Waals surface area contributed by atoms with Gasteiger partial charge in [-0.3, -0.25) is 9.48 Å². The van der Waals surface area contributed by atoms with Gasteiger partial charge in [0.15, 0.2) is 0 Å². The second kappa shape index (κ2) is 7.56. The third kappa shape index (κ3) is 5.21. The monoisotopic (exact) mass is 356 g/mol. The van der Waals surface area contributed by atoms with Crippen LogP contribution in [0.25, 0.3) is 0 Å². The van der Waals surface area contributed by atoms with Crippen LogP contribution in [-0.2, 0) is 11.8 Å². The fourth-order valence-electron chi connectivity index (χ4n) is 2.40. The zero-order chi connectivity index (χ0) is 18.6. The van der Waals surface area contributed by atoms with Crippen molar-refractivity contribution in [1.29, 1.82) is 0 Å². The molecule has 0 bridgehead atoms. The van der Waals surface area contributed by atoms with Crippen molar-refractivity contribution in [2.75, 3.05) is 7.05 Å². The van der Waals surface area contributed by atoms with Gasteiger partial charge in [0.2, 0.25) is 5.91 Å². The van der Waals surface area contributed by atoms with Gasteiger partial charge in [-0.25, -0.2) is 0 Å². The summed E-state index contributed by atoms with van der Waals surface area (Å²) in [6.45, 7) is 1.68. The molecular weight excluding hydrogens is 337 g/mol. The molecule has 0 aliphatic rings. The molecular formula is C16H19F3N4O2. The number of nitrogens with zero attached hydrogens (tertiary/aromatic N) is 2. The highest BCUT2D eigenvalue weighted by atomic mass is 19.4. The van der Waals surface area contributed by atoms with Crippen LogP contribution in [0, 0.1) is 0 Å². The third-order valence-corrected chi connectivity index (χ3v) is 3.56. The number of likely N-dealkylation sites (N-methyl/N-ethyl adjacent to an activating group) is 1. The van der Waals surface area contributed by atoms with Crippen LogP contribution in [0.15, 0.2) is 36.7 Å². The number of rotatable bonds is 6. The number of halogens is 3. The van der Waals surface area contributed by atoms with Crippen molar-refractivity contribution < 1.29 is 22.7 Å². The van der Waals surface area contributed by atoms with Gasteiger partial charge in [0, 0.05) is 18.8 Å². The number of benzene rings is 1. The Labute approximate surface area is 143 Å². The van der Waals surface area contributed by atoms with Crippen molar-refractivity contribution in [3.8, 4) is 5.75 Å². The van der Waals surface area contributed by atoms with Crippen LogP contribution >= 0.6 is 0 Å². The quantitative estimate of drug-likeness (QED) is 0.834. The molecule has 2 atom stereocenters. The van der Waals surface area contributed by atoms with Gasteiger partial charge in [0.25, 0.3) is 0 Å². The molecule has 2 N–H and O–H groups in total. The molecule has 2 unspecified atom stereocenters. The molecule has 2 aromatic rings. The van der Waals surface area contributed by atoms with Crippen LogP contribution in [0.1, 0.15) is 30.1 Å². The topological polar surface area (TPSA) is 68.2 Å². The molecule has 0 aliphatic carbocycles. The minimum Gasteiger partial charge on any atom is -0.406 e. The number of alkyl halides is 3. The Morgan fingerprint density at radius 3 is 2.60 bits per heavy atom. The molecule has 0 spiro atoms. The maximum Gasteiger partial charge on any atom is 0.573 e. The first-order valence-corrected chi connectivity index (χ1v) is 7.51. The van der Waals surface area contributed by atoms with E-state index in [-0.39, 0.29) is 11.7 Å². The molecule has 1 heterocycles. The number of nitrogens with one attached hydrogen (secondary N) is 2. The van der Waals surface area contributed by atoms with Gasteiger partial charge < -0.3 is 15.4 Å². The van der Waals surface area contributed by atoms with Crippen LogP contribution in [0.3, 0.4) is 0 Å². The number of hydrogen-bond donors (Lipinski definition) is 2. The number of amides is 1. The highest BCUT2D eigenvalue weighted by Gasteiger charge is 2.31. The summed E-state index contributed by atoms with van der Waals surface area (Å²) in [5.74, 6) is -0.645. The van der Waals surface area contributed by atoms with E-state index >= 15 is 0 Å². The van der Waals surface area contributed by atoms with Gasteiger partial charge in [-0.2, -0.15) is 5.10 Å². The Balaban J connectivity index is 2.09. The van der Waals surface area contributed by atoms with Crippen LogP contribution in [0.5, 0.6) is 5.75 Å². The smallest absolute Gasteiger partial charge is 0.406 e. The van der Waals surface area contributed by atoms with Gasteiger partial charge in [-0.15, -0.1) is 13.2 Å². The lowest BCUT2D eigenvalue weighted by atomic mass is 10.1. The maximum absolute atomic E-state index is 12.5. The van der Waals surface area contributed by atoms with Crippen LogP contribution < -0.4 is 15.4 Å². The van der Waals surface area contributed by atoms with Crippen LogP contribution in [0.2, 0.25) is 0 Å². The van der Waals surface area contributed by atoms with E-state index in [4.69, 9.17) is 0 Å². The molecule has 1 aromatic carbocycles. The molecule has 9 heteroatoms. The maximum atomic E-state index is 12.5. The van der Waals surface area contributed by atoms with E-state index in [9.17, 15) is 18.0 Å². The summed E-state index contributed by atoms with van der Waals surface area (Å²) < 4.78 is 42.4. The SMILES string of the molecule is CNC(C(=O)NC(C)c1cccc(OC(F)(F)F)c1)c1cnn(C)c1. The minimum atomic E-state index is -4.76. The standard InChI is InChI=1S/C16H19F3N4O2/c1-10(11-5-4-6-13(7-11)25-16(17,18)19)22-15(24)14(20-2)12-8-21-23(3)9-12/h4-10,14,20H,1-3H3,(H,22,24). The van der Waals surface area contributed by atoms with Gasteiger partial charge in [-0.1, -0.05) is 12.1 Å². The molecule has 0 fully saturated rings. The van der Waals surface area contributed by atoms with Crippen molar-refractivity contribution in [3.63, 3.8) is 0 Å². The third-order valence-electron chi connectivity index (χ3n) is 3.56. The first-order valence-electron chi connectivity index (χ1n) is 7.51. The average molecular weight is 356 g/mol. The van der Waals surface area contributed by atoms with Crippen molar-refractivity contribution in [2.45, 2.75) is 25.4 Å². The van der Waals surface area contributed by atoms with Crippen LogP contribution in [-0.4, -0.2) is 29.1 Å². The largest absolute Gasteiger partial charge is 0.573 e. The molecule has 6 nitrogen and oxygen atoms in total. The zero-order valence-electron chi connectivity index (χ0n) is 14.0. The van der Waals surface area contributed by atoms with Crippen molar-refractivity contribution in [1.82, 2.24) is 20.4 Å². The molecule has 1 amide bonds. The molecule has 136 valence electrons.